The summed E-state index contributed by atoms with van der Waals surface area (Å²) in [5, 5.41) is 21.6. The Balaban J connectivity index is 1.68. The van der Waals surface area contributed by atoms with Crippen LogP contribution in [0.25, 0.3) is 0 Å². The largest absolute Gasteiger partial charge is 0.481 e. The molecule has 0 bridgehead atoms. The van der Waals surface area contributed by atoms with Crippen LogP contribution in [0.15, 0.2) is 5.16 Å². The van der Waals surface area contributed by atoms with E-state index in [1.807, 2.05) is 0 Å². The second kappa shape index (κ2) is 6.03. The van der Waals surface area contributed by atoms with Crippen molar-refractivity contribution in [2.75, 3.05) is 18.1 Å². The molecule has 0 saturated carbocycles. The number of nitrogens with two attached hydrogens (primary N) is 1. The van der Waals surface area contributed by atoms with Gasteiger partial charge in [0.05, 0.1) is 0 Å². The van der Waals surface area contributed by atoms with Gasteiger partial charge < -0.3 is 15.7 Å². The van der Waals surface area contributed by atoms with Crippen LogP contribution >= 0.6 is 23.5 Å². The van der Waals surface area contributed by atoms with Crippen LogP contribution in [-0.2, 0) is 16.1 Å². The number of rotatable bonds is 5. The van der Waals surface area contributed by atoms with E-state index in [0.717, 1.165) is 0 Å². The second-order valence-corrected chi connectivity index (χ2v) is 7.42. The number of carbonyl (C=O) groups is 2. The fourth-order valence-corrected chi connectivity index (χ4v) is 5.03. The summed E-state index contributed by atoms with van der Waals surface area (Å²) in [4.78, 5) is 26.4. The zero-order valence-electron chi connectivity index (χ0n) is 12.0. The Morgan fingerprint density at radius 1 is 1.65 bits per heavy atom. The van der Waals surface area contributed by atoms with E-state index in [1.165, 1.54) is 33.2 Å². The van der Waals surface area contributed by atoms with Crippen molar-refractivity contribution in [3.05, 3.63) is 0 Å². The SMILES string of the molecule is C#CCn1nnc(SCC2(C(=O)O)CS[C@@H]3C(N)C(=O)N3C2)n1. The number of tetrazole rings is 1. The lowest BCUT2D eigenvalue weighted by Crippen LogP contribution is -2.72. The predicted molar refractivity (Wildman–Crippen MR) is 83.4 cm³/mol. The van der Waals surface area contributed by atoms with Crippen molar-refractivity contribution in [1.82, 2.24) is 25.1 Å². The number of thioether (sulfide) groups is 2. The summed E-state index contributed by atoms with van der Waals surface area (Å²) in [5.74, 6) is 1.87. The van der Waals surface area contributed by atoms with Crippen molar-refractivity contribution >= 4 is 35.4 Å². The molecule has 122 valence electrons. The van der Waals surface area contributed by atoms with E-state index in [-0.39, 0.29) is 30.1 Å². The lowest BCUT2D eigenvalue weighted by molar-refractivity contribution is -0.155. The van der Waals surface area contributed by atoms with Crippen LogP contribution in [0.3, 0.4) is 0 Å². The van der Waals surface area contributed by atoms with Crippen molar-refractivity contribution in [3.8, 4) is 12.3 Å². The normalized spacial score (nSPS) is 29.6. The number of hydrogen-bond acceptors (Lipinski definition) is 8. The number of nitrogens with zero attached hydrogens (tertiary/aromatic N) is 5. The third kappa shape index (κ3) is 2.77. The number of fused-ring (bicyclic) bond motifs is 1. The zero-order valence-corrected chi connectivity index (χ0v) is 13.6. The van der Waals surface area contributed by atoms with Gasteiger partial charge in [-0.05, 0) is 5.21 Å². The number of aromatic nitrogens is 4. The van der Waals surface area contributed by atoms with Gasteiger partial charge in [-0.2, -0.15) is 4.80 Å². The first-order valence-electron chi connectivity index (χ1n) is 6.72. The van der Waals surface area contributed by atoms with Crippen LogP contribution < -0.4 is 5.73 Å². The molecule has 0 aromatic carbocycles. The molecule has 2 fully saturated rings. The Morgan fingerprint density at radius 2 is 2.43 bits per heavy atom. The third-order valence-electron chi connectivity index (χ3n) is 3.78. The fraction of sp³-hybridized carbons (Fsp3) is 0.583. The van der Waals surface area contributed by atoms with Crippen LogP contribution in [-0.4, -0.2) is 71.6 Å². The van der Waals surface area contributed by atoms with Gasteiger partial charge in [-0.3, -0.25) is 9.59 Å². The highest BCUT2D eigenvalue weighted by Gasteiger charge is 2.55. The van der Waals surface area contributed by atoms with Crippen molar-refractivity contribution in [3.63, 3.8) is 0 Å². The Morgan fingerprint density at radius 3 is 3.13 bits per heavy atom. The van der Waals surface area contributed by atoms with Gasteiger partial charge in [-0.1, -0.05) is 17.7 Å². The minimum Gasteiger partial charge on any atom is -0.481 e. The minimum atomic E-state index is -1.06. The molecule has 2 aliphatic rings. The summed E-state index contributed by atoms with van der Waals surface area (Å²) in [5.41, 5.74) is 4.67. The average molecular weight is 354 g/mol. The van der Waals surface area contributed by atoms with Crippen molar-refractivity contribution in [1.29, 1.82) is 0 Å². The highest BCUT2D eigenvalue weighted by Crippen LogP contribution is 2.43. The second-order valence-electron chi connectivity index (χ2n) is 5.37. The van der Waals surface area contributed by atoms with Crippen LogP contribution in [0.2, 0.25) is 0 Å². The molecule has 2 saturated heterocycles. The summed E-state index contributed by atoms with van der Waals surface area (Å²) in [6.45, 7) is 0.355. The number of hydrogen-bond donors (Lipinski definition) is 2. The number of amides is 1. The summed E-state index contributed by atoms with van der Waals surface area (Å²) in [6.07, 6.45) is 5.17. The summed E-state index contributed by atoms with van der Waals surface area (Å²) >= 11 is 2.60. The molecule has 3 N–H and O–H groups in total. The number of carboxylic acids is 1. The lowest BCUT2D eigenvalue weighted by atomic mass is 9.89. The summed E-state index contributed by atoms with van der Waals surface area (Å²) in [7, 11) is 0. The standard InChI is InChI=1S/C12H14N6O3S2/c1-2-3-18-15-11(14-16-18)23-6-12(10(20)21)4-17-8(19)7(13)9(17)22-5-12/h1,7,9H,3-6,13H2,(H,20,21)/t7?,9-,12?/m1/s1. The van der Waals surface area contributed by atoms with E-state index >= 15 is 0 Å². The first-order chi connectivity index (χ1) is 11.0. The number of carboxylic acid groups (broad SMARTS) is 1. The number of terminal acetylenes is 1. The molecule has 1 amide bonds. The molecule has 3 rings (SSSR count). The molecule has 0 aliphatic carbocycles. The highest BCUT2D eigenvalue weighted by molar-refractivity contribution is 8.00. The van der Waals surface area contributed by atoms with Crippen molar-refractivity contribution < 1.29 is 14.7 Å². The first-order valence-corrected chi connectivity index (χ1v) is 8.75. The van der Waals surface area contributed by atoms with E-state index in [2.05, 4.69) is 21.3 Å². The maximum absolute atomic E-state index is 11.8. The number of carbonyl (C=O) groups excluding carboxylic acids is 1. The van der Waals surface area contributed by atoms with E-state index in [0.29, 0.717) is 10.9 Å². The number of β-lactam (4-membered cyclic amide) rings is 1. The Labute approximate surface area is 140 Å². The Kier molecular flexibility index (Phi) is 4.22. The maximum Gasteiger partial charge on any atom is 0.313 e. The Bertz CT molecular complexity index is 689. The molecule has 3 heterocycles. The van der Waals surface area contributed by atoms with Crippen molar-refractivity contribution in [2.24, 2.45) is 11.1 Å². The van der Waals surface area contributed by atoms with Crippen LogP contribution in [0.4, 0.5) is 0 Å². The monoisotopic (exact) mass is 354 g/mol. The molecule has 0 radical (unpaired) electrons. The van der Waals surface area contributed by atoms with Gasteiger partial charge in [-0.25, -0.2) is 0 Å². The van der Waals surface area contributed by atoms with Crippen LogP contribution in [0.1, 0.15) is 0 Å². The van der Waals surface area contributed by atoms with E-state index in [4.69, 9.17) is 12.2 Å². The van der Waals surface area contributed by atoms with Gasteiger partial charge in [0.25, 0.3) is 0 Å². The molecule has 2 unspecified atom stereocenters. The topological polar surface area (TPSA) is 127 Å². The third-order valence-corrected chi connectivity index (χ3v) is 6.51. The quantitative estimate of drug-likeness (QED) is 0.377. The molecule has 9 nitrogen and oxygen atoms in total. The summed E-state index contributed by atoms with van der Waals surface area (Å²) in [6, 6.07) is -0.523. The minimum absolute atomic E-state index is 0.116. The molecular formula is C12H14N6O3S2. The fourth-order valence-electron chi connectivity index (χ4n) is 2.44. The Hall–Kier alpha value is -1.77. The van der Waals surface area contributed by atoms with E-state index in [1.54, 1.807) is 0 Å². The molecule has 1 aromatic rings. The van der Waals surface area contributed by atoms with Crippen molar-refractivity contribution in [2.45, 2.75) is 23.1 Å². The van der Waals surface area contributed by atoms with Gasteiger partial charge in [0.2, 0.25) is 11.1 Å². The zero-order chi connectivity index (χ0) is 16.6. The molecule has 2 aliphatic heterocycles. The average Bonchev–Trinajstić information content (AvgIpc) is 2.99. The predicted octanol–water partition coefficient (Wildman–Crippen LogP) is -1.29. The first kappa shape index (κ1) is 16.1. The van der Waals surface area contributed by atoms with Crippen LogP contribution in [0, 0.1) is 17.8 Å². The van der Waals surface area contributed by atoms with Gasteiger partial charge in [0.15, 0.2) is 0 Å². The van der Waals surface area contributed by atoms with E-state index in [9.17, 15) is 14.7 Å². The molecule has 11 heteroatoms. The van der Waals surface area contributed by atoms with Gasteiger partial charge in [-0.15, -0.1) is 28.4 Å². The van der Waals surface area contributed by atoms with E-state index < -0.39 is 17.4 Å². The number of aliphatic carboxylic acids is 1. The molecule has 23 heavy (non-hydrogen) atoms. The van der Waals surface area contributed by atoms with Gasteiger partial charge in [0.1, 0.15) is 23.4 Å². The lowest BCUT2D eigenvalue weighted by Gasteiger charge is -2.52. The van der Waals surface area contributed by atoms with Gasteiger partial charge in [0, 0.05) is 18.1 Å². The van der Waals surface area contributed by atoms with Crippen LogP contribution in [0.5, 0.6) is 0 Å². The molecular weight excluding hydrogens is 340 g/mol. The molecule has 1 aromatic heterocycles. The smallest absolute Gasteiger partial charge is 0.313 e. The molecule has 0 spiro atoms. The summed E-state index contributed by atoms with van der Waals surface area (Å²) < 4.78 is 0. The molecule has 3 atom stereocenters. The van der Waals surface area contributed by atoms with Gasteiger partial charge >= 0.3 is 5.97 Å². The highest BCUT2D eigenvalue weighted by atomic mass is 32.2. The maximum atomic E-state index is 11.8.